The van der Waals surface area contributed by atoms with Gasteiger partial charge in [0.05, 0.1) is 12.5 Å². The summed E-state index contributed by atoms with van der Waals surface area (Å²) < 4.78 is 12.1. The molecule has 0 saturated heterocycles. The maximum absolute atomic E-state index is 11.3. The first-order valence-corrected chi connectivity index (χ1v) is 8.52. The zero-order chi connectivity index (χ0) is 16.6. The van der Waals surface area contributed by atoms with E-state index in [-0.39, 0.29) is 35.2 Å². The Labute approximate surface area is 152 Å². The van der Waals surface area contributed by atoms with E-state index in [1.807, 2.05) is 7.05 Å². The van der Waals surface area contributed by atoms with Gasteiger partial charge < -0.3 is 24.9 Å². The van der Waals surface area contributed by atoms with Crippen molar-refractivity contribution in [2.45, 2.75) is 77.5 Å². The van der Waals surface area contributed by atoms with Gasteiger partial charge in [-0.05, 0) is 52.8 Å². The normalized spacial score (nSPS) is 18.8. The molecule has 1 unspecified atom stereocenters. The summed E-state index contributed by atoms with van der Waals surface area (Å²) in [5, 5.41) is 7.24. The predicted octanol–water partition coefficient (Wildman–Crippen LogP) is 3.58. The van der Waals surface area contributed by atoms with Crippen LogP contribution >= 0.6 is 0 Å². The summed E-state index contributed by atoms with van der Waals surface area (Å²) in [6, 6.07) is 0. The molecule has 0 bridgehead atoms. The van der Waals surface area contributed by atoms with Crippen LogP contribution in [0.4, 0.5) is 0 Å². The van der Waals surface area contributed by atoms with Crippen molar-refractivity contribution in [1.29, 1.82) is 0 Å². The zero-order valence-corrected chi connectivity index (χ0v) is 16.5. The van der Waals surface area contributed by atoms with Gasteiger partial charge in [0.2, 0.25) is 0 Å². The average Bonchev–Trinajstić information content (AvgIpc) is 2.53. The van der Waals surface area contributed by atoms with E-state index >= 15 is 0 Å². The molecule has 0 aromatic rings. The number of carbonyl (C=O) groups excluding carboxylic acids is 1. The van der Waals surface area contributed by atoms with Crippen molar-refractivity contribution in [1.82, 2.24) is 5.32 Å². The SMILES string of the molecule is CCC(=O)[N-]COC1(OCC(C)C(C)(C)NC)CCCCC1.[Mn]. The summed E-state index contributed by atoms with van der Waals surface area (Å²) in [4.78, 5) is 11.3. The summed E-state index contributed by atoms with van der Waals surface area (Å²) in [6.07, 6.45) is 5.61. The number of rotatable bonds is 9. The van der Waals surface area contributed by atoms with Crippen molar-refractivity contribution in [3.63, 3.8) is 0 Å². The Bertz CT molecular complexity index is 345. The van der Waals surface area contributed by atoms with Crippen LogP contribution in [-0.2, 0) is 31.3 Å². The number of carbonyl (C=O) groups is 1. The second-order valence-electron chi connectivity index (χ2n) is 6.83. The molecule has 0 spiro atoms. The maximum atomic E-state index is 11.3. The molecule has 1 saturated carbocycles. The molecule has 5 nitrogen and oxygen atoms in total. The minimum Gasteiger partial charge on any atom is -0.631 e. The first-order valence-electron chi connectivity index (χ1n) is 8.52. The van der Waals surface area contributed by atoms with Gasteiger partial charge in [-0.1, -0.05) is 20.3 Å². The van der Waals surface area contributed by atoms with E-state index in [0.29, 0.717) is 18.9 Å². The zero-order valence-electron chi connectivity index (χ0n) is 15.3. The fourth-order valence-electron chi connectivity index (χ4n) is 2.49. The van der Waals surface area contributed by atoms with E-state index in [0.717, 1.165) is 25.7 Å². The molecule has 1 atom stereocenters. The first kappa shape index (κ1) is 22.9. The van der Waals surface area contributed by atoms with E-state index in [4.69, 9.17) is 9.47 Å². The van der Waals surface area contributed by atoms with Crippen LogP contribution in [0, 0.1) is 5.92 Å². The summed E-state index contributed by atoms with van der Waals surface area (Å²) in [6.45, 7) is 9.07. The summed E-state index contributed by atoms with van der Waals surface area (Å²) >= 11 is 0. The fraction of sp³-hybridized carbons (Fsp3) is 0.941. The molecule has 1 radical (unpaired) electrons. The Kier molecular flexibility index (Phi) is 10.6. The van der Waals surface area contributed by atoms with Gasteiger partial charge in [-0.2, -0.15) is 0 Å². The largest absolute Gasteiger partial charge is 0.631 e. The Morgan fingerprint density at radius 1 is 1.26 bits per heavy atom. The van der Waals surface area contributed by atoms with Crippen LogP contribution in [0.2, 0.25) is 0 Å². The smallest absolute Gasteiger partial charge is 0.166 e. The molecule has 0 aliphatic heterocycles. The van der Waals surface area contributed by atoms with Crippen LogP contribution in [0.5, 0.6) is 0 Å². The van der Waals surface area contributed by atoms with Crippen LogP contribution in [0.25, 0.3) is 5.32 Å². The average molecular weight is 368 g/mol. The van der Waals surface area contributed by atoms with Gasteiger partial charge in [0.15, 0.2) is 5.79 Å². The van der Waals surface area contributed by atoms with Crippen LogP contribution < -0.4 is 5.32 Å². The van der Waals surface area contributed by atoms with Crippen LogP contribution in [-0.4, -0.2) is 37.6 Å². The Morgan fingerprint density at radius 3 is 2.39 bits per heavy atom. The third-order valence-corrected chi connectivity index (χ3v) is 4.96. The fourth-order valence-corrected chi connectivity index (χ4v) is 2.49. The monoisotopic (exact) mass is 368 g/mol. The molecule has 0 aromatic carbocycles. The molecule has 137 valence electrons. The molecular formula is C17H33MnN2O3-. The standard InChI is InChI=1S/C17H34N2O3.Mn/c1-6-15(20)19-13-22-17(10-8-7-9-11-17)21-12-14(2)16(3,4)18-5;/h14,18H,6-13H2,1-5H3,(H,19,20);/p-1. The van der Waals surface area contributed by atoms with Gasteiger partial charge in [0.1, 0.15) is 0 Å². The third kappa shape index (κ3) is 7.53. The van der Waals surface area contributed by atoms with E-state index in [2.05, 4.69) is 31.4 Å². The molecule has 1 N–H and O–H groups in total. The summed E-state index contributed by atoms with van der Waals surface area (Å²) in [5.74, 6) is -0.321. The van der Waals surface area contributed by atoms with Crippen molar-refractivity contribution in [2.24, 2.45) is 5.92 Å². The van der Waals surface area contributed by atoms with Crippen molar-refractivity contribution in [3.8, 4) is 0 Å². The Hall–Kier alpha value is -0.131. The van der Waals surface area contributed by atoms with Crippen molar-refractivity contribution in [2.75, 3.05) is 20.4 Å². The number of amides is 1. The molecule has 1 fully saturated rings. The second-order valence-corrected chi connectivity index (χ2v) is 6.83. The Balaban J connectivity index is 0.00000484. The van der Waals surface area contributed by atoms with E-state index in [1.54, 1.807) is 6.92 Å². The number of nitrogens with one attached hydrogen (secondary N) is 1. The minimum absolute atomic E-state index is 0. The molecule has 0 aromatic heterocycles. The molecule has 6 heteroatoms. The molecule has 23 heavy (non-hydrogen) atoms. The number of ether oxygens (including phenoxy) is 2. The number of hydrogen-bond donors (Lipinski definition) is 1. The minimum atomic E-state index is -0.562. The van der Waals surface area contributed by atoms with Gasteiger partial charge in [0, 0.05) is 35.4 Å². The van der Waals surface area contributed by atoms with Gasteiger partial charge in [-0.25, -0.2) is 0 Å². The van der Waals surface area contributed by atoms with Gasteiger partial charge in [-0.3, -0.25) is 0 Å². The van der Waals surface area contributed by atoms with E-state index in [1.165, 1.54) is 6.42 Å². The molecule has 1 rings (SSSR count). The second kappa shape index (κ2) is 10.7. The van der Waals surface area contributed by atoms with E-state index in [9.17, 15) is 4.79 Å². The molecule has 0 heterocycles. The molecule has 1 amide bonds. The predicted molar refractivity (Wildman–Crippen MR) is 88.7 cm³/mol. The van der Waals surface area contributed by atoms with Crippen molar-refractivity contribution < 1.29 is 31.3 Å². The quantitative estimate of drug-likeness (QED) is 0.499. The molecule has 1 aliphatic rings. The van der Waals surface area contributed by atoms with Crippen LogP contribution in [0.3, 0.4) is 0 Å². The van der Waals surface area contributed by atoms with Crippen LogP contribution in [0.15, 0.2) is 0 Å². The summed E-state index contributed by atoms with van der Waals surface area (Å²) in [5.41, 5.74) is 0.0123. The first-order chi connectivity index (χ1) is 10.4. The van der Waals surface area contributed by atoms with Gasteiger partial charge in [-0.15, -0.1) is 0 Å². The third-order valence-electron chi connectivity index (χ3n) is 4.96. The van der Waals surface area contributed by atoms with Gasteiger partial charge >= 0.3 is 0 Å². The summed E-state index contributed by atoms with van der Waals surface area (Å²) in [7, 11) is 1.97. The van der Waals surface area contributed by atoms with Crippen molar-refractivity contribution >= 4 is 5.91 Å². The van der Waals surface area contributed by atoms with Gasteiger partial charge in [0.25, 0.3) is 0 Å². The maximum Gasteiger partial charge on any atom is 0.166 e. The molecular weight excluding hydrogens is 335 g/mol. The number of nitrogens with zero attached hydrogens (tertiary/aromatic N) is 1. The molecule has 1 aliphatic carbocycles. The van der Waals surface area contributed by atoms with E-state index < -0.39 is 5.79 Å². The van der Waals surface area contributed by atoms with Crippen molar-refractivity contribution in [3.05, 3.63) is 5.32 Å². The Morgan fingerprint density at radius 2 is 1.87 bits per heavy atom. The topological polar surface area (TPSA) is 61.7 Å². The number of hydrogen-bond acceptors (Lipinski definition) is 4. The van der Waals surface area contributed by atoms with Crippen LogP contribution in [0.1, 0.15) is 66.2 Å².